The van der Waals surface area contributed by atoms with E-state index in [1.807, 2.05) is 0 Å². The SMILES string of the molecule is COc1cncc([C@H](NC(=O)Cc2cc(F)ccc2F)C2CC(O)C2)c1. The lowest BCUT2D eigenvalue weighted by Gasteiger charge is -2.38. The Kier molecular flexibility index (Phi) is 5.46. The van der Waals surface area contributed by atoms with Gasteiger partial charge in [-0.25, -0.2) is 8.78 Å². The molecule has 2 aromatic rings. The van der Waals surface area contributed by atoms with Crippen LogP contribution in [-0.2, 0) is 11.2 Å². The largest absolute Gasteiger partial charge is 0.495 e. The Morgan fingerprint density at radius 3 is 2.81 bits per heavy atom. The summed E-state index contributed by atoms with van der Waals surface area (Å²) in [7, 11) is 1.52. The van der Waals surface area contributed by atoms with Gasteiger partial charge in [-0.1, -0.05) is 0 Å². The number of nitrogens with one attached hydrogen (secondary N) is 1. The van der Waals surface area contributed by atoms with E-state index in [9.17, 15) is 18.7 Å². The molecule has 7 heteroatoms. The van der Waals surface area contributed by atoms with Crippen molar-refractivity contribution < 1.29 is 23.4 Å². The Morgan fingerprint density at radius 1 is 1.35 bits per heavy atom. The van der Waals surface area contributed by atoms with Gasteiger partial charge in [0.2, 0.25) is 5.91 Å². The average molecular weight is 362 g/mol. The summed E-state index contributed by atoms with van der Waals surface area (Å²) in [5.41, 5.74) is 0.743. The molecule has 5 nitrogen and oxygen atoms in total. The maximum atomic E-state index is 13.8. The van der Waals surface area contributed by atoms with Crippen molar-refractivity contribution in [3.8, 4) is 5.75 Å². The molecular weight excluding hydrogens is 342 g/mol. The van der Waals surface area contributed by atoms with Gasteiger partial charge in [-0.2, -0.15) is 0 Å². The van der Waals surface area contributed by atoms with E-state index in [1.54, 1.807) is 18.5 Å². The number of hydrogen-bond acceptors (Lipinski definition) is 4. The highest BCUT2D eigenvalue weighted by Crippen LogP contribution is 2.38. The van der Waals surface area contributed by atoms with Gasteiger partial charge in [-0.3, -0.25) is 9.78 Å². The first kappa shape index (κ1) is 18.3. The predicted octanol–water partition coefficient (Wildman–Crippen LogP) is 2.54. The zero-order valence-electron chi connectivity index (χ0n) is 14.3. The van der Waals surface area contributed by atoms with Crippen LogP contribution in [-0.4, -0.2) is 29.2 Å². The first-order chi connectivity index (χ1) is 12.5. The van der Waals surface area contributed by atoms with Crippen molar-refractivity contribution in [3.63, 3.8) is 0 Å². The number of carbonyl (C=O) groups is 1. The summed E-state index contributed by atoms with van der Waals surface area (Å²) in [5.74, 6) is -1.05. The number of ether oxygens (including phenoxy) is 1. The molecule has 0 unspecified atom stereocenters. The molecule has 26 heavy (non-hydrogen) atoms. The summed E-state index contributed by atoms with van der Waals surface area (Å²) in [6, 6.07) is 4.42. The van der Waals surface area contributed by atoms with Crippen molar-refractivity contribution in [2.75, 3.05) is 7.11 Å². The van der Waals surface area contributed by atoms with Crippen molar-refractivity contribution >= 4 is 5.91 Å². The molecule has 3 rings (SSSR count). The van der Waals surface area contributed by atoms with Gasteiger partial charge in [0.15, 0.2) is 0 Å². The average Bonchev–Trinajstić information content (AvgIpc) is 2.60. The number of benzene rings is 1. The van der Waals surface area contributed by atoms with E-state index in [1.165, 1.54) is 7.11 Å². The Labute approximate surface area is 150 Å². The van der Waals surface area contributed by atoms with Crippen molar-refractivity contribution in [1.29, 1.82) is 0 Å². The van der Waals surface area contributed by atoms with Crippen LogP contribution in [0.15, 0.2) is 36.7 Å². The van der Waals surface area contributed by atoms with E-state index < -0.39 is 23.6 Å². The number of aromatic nitrogens is 1. The topological polar surface area (TPSA) is 71.5 Å². The molecular formula is C19H20F2N2O3. The minimum absolute atomic E-state index is 0.00124. The molecule has 1 heterocycles. The number of pyridine rings is 1. The smallest absolute Gasteiger partial charge is 0.225 e. The summed E-state index contributed by atoms with van der Waals surface area (Å²) < 4.78 is 32.2. The molecule has 1 aromatic heterocycles. The molecule has 0 saturated heterocycles. The van der Waals surface area contributed by atoms with E-state index in [2.05, 4.69) is 10.3 Å². The summed E-state index contributed by atoms with van der Waals surface area (Å²) >= 11 is 0. The molecule has 1 fully saturated rings. The Hall–Kier alpha value is -2.54. The molecule has 0 spiro atoms. The van der Waals surface area contributed by atoms with Crippen LogP contribution in [0.2, 0.25) is 0 Å². The summed E-state index contributed by atoms with van der Waals surface area (Å²) in [6.45, 7) is 0. The fraction of sp³-hybridized carbons (Fsp3) is 0.368. The van der Waals surface area contributed by atoms with Gasteiger partial charge >= 0.3 is 0 Å². The van der Waals surface area contributed by atoms with E-state index >= 15 is 0 Å². The van der Waals surface area contributed by atoms with E-state index in [0.29, 0.717) is 18.6 Å². The number of rotatable bonds is 6. The zero-order chi connectivity index (χ0) is 18.7. The molecule has 1 aromatic carbocycles. The number of nitrogens with zero attached hydrogens (tertiary/aromatic N) is 1. The maximum absolute atomic E-state index is 13.8. The summed E-state index contributed by atoms with van der Waals surface area (Å²) in [6.07, 6.45) is 3.62. The zero-order valence-corrected chi connectivity index (χ0v) is 14.3. The van der Waals surface area contributed by atoms with Gasteiger partial charge < -0.3 is 15.2 Å². The molecule has 1 atom stereocenters. The molecule has 0 aliphatic heterocycles. The van der Waals surface area contributed by atoms with Crippen molar-refractivity contribution in [3.05, 3.63) is 59.4 Å². The number of amides is 1. The Morgan fingerprint density at radius 2 is 2.12 bits per heavy atom. The van der Waals surface area contributed by atoms with Gasteiger partial charge in [0, 0.05) is 11.8 Å². The molecule has 1 saturated carbocycles. The van der Waals surface area contributed by atoms with Crippen LogP contribution in [0.4, 0.5) is 8.78 Å². The van der Waals surface area contributed by atoms with Gasteiger partial charge in [0.05, 0.1) is 31.9 Å². The number of methoxy groups -OCH3 is 1. The summed E-state index contributed by atoms with van der Waals surface area (Å²) in [4.78, 5) is 16.5. The first-order valence-corrected chi connectivity index (χ1v) is 8.36. The lowest BCUT2D eigenvalue weighted by Crippen LogP contribution is -2.42. The molecule has 0 bridgehead atoms. The second-order valence-electron chi connectivity index (χ2n) is 6.50. The maximum Gasteiger partial charge on any atom is 0.225 e. The highest BCUT2D eigenvalue weighted by Gasteiger charge is 2.36. The van der Waals surface area contributed by atoms with Crippen molar-refractivity contribution in [2.45, 2.75) is 31.4 Å². The minimum Gasteiger partial charge on any atom is -0.495 e. The summed E-state index contributed by atoms with van der Waals surface area (Å²) in [5, 5.41) is 12.5. The van der Waals surface area contributed by atoms with Gasteiger partial charge in [-0.05, 0) is 48.6 Å². The minimum atomic E-state index is -0.625. The van der Waals surface area contributed by atoms with Crippen LogP contribution < -0.4 is 10.1 Å². The van der Waals surface area contributed by atoms with Crippen LogP contribution in [0.25, 0.3) is 0 Å². The molecule has 138 valence electrons. The molecule has 1 amide bonds. The van der Waals surface area contributed by atoms with Gasteiger partial charge in [0.25, 0.3) is 0 Å². The van der Waals surface area contributed by atoms with Crippen molar-refractivity contribution in [2.24, 2.45) is 5.92 Å². The van der Waals surface area contributed by atoms with Crippen LogP contribution in [0.3, 0.4) is 0 Å². The second-order valence-corrected chi connectivity index (χ2v) is 6.50. The fourth-order valence-corrected chi connectivity index (χ4v) is 3.17. The highest BCUT2D eigenvalue weighted by atomic mass is 19.1. The van der Waals surface area contributed by atoms with E-state index in [-0.39, 0.29) is 23.9 Å². The lowest BCUT2D eigenvalue weighted by atomic mass is 9.75. The number of aliphatic hydroxyl groups excluding tert-OH is 1. The molecule has 1 aliphatic carbocycles. The number of aliphatic hydroxyl groups is 1. The van der Waals surface area contributed by atoms with Gasteiger partial charge in [0.1, 0.15) is 17.4 Å². The number of halogens is 2. The molecule has 2 N–H and O–H groups in total. The van der Waals surface area contributed by atoms with Crippen LogP contribution in [0.1, 0.15) is 30.0 Å². The Bertz CT molecular complexity index is 794. The molecule has 1 aliphatic rings. The Balaban J connectivity index is 1.77. The quantitative estimate of drug-likeness (QED) is 0.828. The van der Waals surface area contributed by atoms with Crippen LogP contribution in [0, 0.1) is 17.6 Å². The van der Waals surface area contributed by atoms with Crippen molar-refractivity contribution in [1.82, 2.24) is 10.3 Å². The fourth-order valence-electron chi connectivity index (χ4n) is 3.17. The van der Waals surface area contributed by atoms with E-state index in [0.717, 1.165) is 23.8 Å². The number of carbonyl (C=O) groups excluding carboxylic acids is 1. The third-order valence-corrected chi connectivity index (χ3v) is 4.63. The standard InChI is InChI=1S/C19H20F2N2O3/c1-26-16-7-13(9-22-10-16)19(12-5-15(24)6-12)23-18(25)8-11-4-14(20)2-3-17(11)21/h2-4,7,9-10,12,15,19,24H,5-6,8H2,1H3,(H,23,25)/t12?,15?,19-/m1/s1. The van der Waals surface area contributed by atoms with Crippen LogP contribution >= 0.6 is 0 Å². The predicted molar refractivity (Wildman–Crippen MR) is 90.5 cm³/mol. The third kappa shape index (κ3) is 4.16. The van der Waals surface area contributed by atoms with E-state index in [4.69, 9.17) is 4.74 Å². The molecule has 0 radical (unpaired) electrons. The van der Waals surface area contributed by atoms with Gasteiger partial charge in [-0.15, -0.1) is 0 Å². The first-order valence-electron chi connectivity index (χ1n) is 8.36. The lowest BCUT2D eigenvalue weighted by molar-refractivity contribution is -0.122. The van der Waals surface area contributed by atoms with Crippen LogP contribution in [0.5, 0.6) is 5.75 Å². The third-order valence-electron chi connectivity index (χ3n) is 4.63. The highest BCUT2D eigenvalue weighted by molar-refractivity contribution is 5.79. The normalized spacial score (nSPS) is 20.2. The second kappa shape index (κ2) is 7.78. The monoisotopic (exact) mass is 362 g/mol. The number of hydrogen-bond donors (Lipinski definition) is 2.